The predicted molar refractivity (Wildman–Crippen MR) is 64.6 cm³/mol. The highest BCUT2D eigenvalue weighted by Gasteiger charge is 2.41. The summed E-state index contributed by atoms with van der Waals surface area (Å²) in [6.45, 7) is 0. The molecule has 18 heavy (non-hydrogen) atoms. The van der Waals surface area contributed by atoms with Crippen LogP contribution in [0.15, 0.2) is 29.3 Å². The van der Waals surface area contributed by atoms with Crippen molar-refractivity contribution < 1.29 is 13.2 Å². The van der Waals surface area contributed by atoms with Gasteiger partial charge in [0.15, 0.2) is 0 Å². The fourth-order valence-electron chi connectivity index (χ4n) is 1.49. The van der Waals surface area contributed by atoms with Crippen LogP contribution in [0.2, 0.25) is 0 Å². The fourth-order valence-corrected chi connectivity index (χ4v) is 2.40. The third kappa shape index (κ3) is 2.28. The molecule has 7 heteroatoms. The molecule has 1 N–H and O–H groups in total. The first kappa shape index (κ1) is 13.1. The number of aromatic nitrogens is 1. The molecule has 0 amide bonds. The molecule has 0 aliphatic rings. The number of thioether (sulfide) groups is 1. The van der Waals surface area contributed by atoms with Crippen LogP contribution >= 0.6 is 23.4 Å². The van der Waals surface area contributed by atoms with Crippen molar-refractivity contribution in [2.24, 2.45) is 0 Å². The van der Waals surface area contributed by atoms with Gasteiger partial charge in [0.05, 0.1) is 10.6 Å². The summed E-state index contributed by atoms with van der Waals surface area (Å²) in [4.78, 5) is 2.66. The molecule has 94 valence electrons. The maximum atomic E-state index is 13.2. The smallest absolute Gasteiger partial charge is 0.343 e. The molecule has 0 aliphatic carbocycles. The average molecular weight is 291 g/mol. The van der Waals surface area contributed by atoms with Crippen molar-refractivity contribution in [3.8, 4) is 6.07 Å². The molecule has 2 nitrogen and oxygen atoms in total. The summed E-state index contributed by atoms with van der Waals surface area (Å²) >= 11 is 4.69. The summed E-state index contributed by atoms with van der Waals surface area (Å²) in [5.74, 6) is 0. The largest absolute Gasteiger partial charge is 0.348 e. The molecule has 1 atom stereocenters. The second-order valence-corrected chi connectivity index (χ2v) is 4.99. The molecule has 0 radical (unpaired) electrons. The van der Waals surface area contributed by atoms with Crippen LogP contribution in [0.3, 0.4) is 0 Å². The quantitative estimate of drug-likeness (QED) is 0.678. The molecule has 1 unspecified atom stereocenters. The van der Waals surface area contributed by atoms with Crippen molar-refractivity contribution in [3.63, 3.8) is 0 Å². The number of para-hydroxylation sites is 1. The van der Waals surface area contributed by atoms with Crippen LogP contribution in [0.25, 0.3) is 10.9 Å². The van der Waals surface area contributed by atoms with Crippen LogP contribution in [0.5, 0.6) is 0 Å². The van der Waals surface area contributed by atoms with Gasteiger partial charge >= 0.3 is 5.25 Å². The van der Waals surface area contributed by atoms with E-state index in [2.05, 4.69) is 4.98 Å². The Morgan fingerprint density at radius 2 is 2.06 bits per heavy atom. The number of benzene rings is 1. The van der Waals surface area contributed by atoms with Crippen molar-refractivity contribution in [1.29, 1.82) is 5.26 Å². The van der Waals surface area contributed by atoms with E-state index in [0.717, 1.165) is 0 Å². The van der Waals surface area contributed by atoms with E-state index < -0.39 is 10.9 Å². The highest BCUT2D eigenvalue weighted by molar-refractivity contribution is 8.00. The molecule has 0 saturated carbocycles. The second kappa shape index (κ2) is 4.75. The number of hydrogen-bond acceptors (Lipinski definition) is 2. The number of rotatable bonds is 3. The van der Waals surface area contributed by atoms with Gasteiger partial charge in [0.1, 0.15) is 6.07 Å². The first-order valence-corrected chi connectivity index (χ1v) is 6.07. The van der Waals surface area contributed by atoms with Crippen LogP contribution in [-0.4, -0.2) is 15.9 Å². The lowest BCUT2D eigenvalue weighted by Crippen LogP contribution is -2.20. The van der Waals surface area contributed by atoms with Gasteiger partial charge in [-0.05, 0) is 17.8 Å². The van der Waals surface area contributed by atoms with E-state index >= 15 is 0 Å². The molecule has 0 bridgehead atoms. The molecule has 1 heterocycles. The molecular weight excluding hydrogens is 285 g/mol. The summed E-state index contributed by atoms with van der Waals surface area (Å²) in [6, 6.07) is 8.48. The molecule has 2 rings (SSSR count). The number of fused-ring (bicyclic) bond motifs is 1. The summed E-state index contributed by atoms with van der Waals surface area (Å²) in [6.07, 6.45) is 0. The molecule has 2 aromatic rings. The van der Waals surface area contributed by atoms with E-state index in [4.69, 9.17) is 16.9 Å². The molecular formula is C11H6ClF3N2S. The van der Waals surface area contributed by atoms with Crippen molar-refractivity contribution in [2.75, 3.05) is 0 Å². The summed E-state index contributed by atoms with van der Waals surface area (Å²) in [5.41, 5.74) is -2.22. The SMILES string of the molecule is N#Cc1c(SC(F)(F)C(F)Cl)[nH]c2ccccc12. The Balaban J connectivity index is 2.49. The Bertz CT molecular complexity index is 618. The van der Waals surface area contributed by atoms with Crippen LogP contribution < -0.4 is 0 Å². The Labute approximate surface area is 110 Å². The van der Waals surface area contributed by atoms with Gasteiger partial charge in [-0.3, -0.25) is 0 Å². The molecule has 0 fully saturated rings. The van der Waals surface area contributed by atoms with Gasteiger partial charge in [0, 0.05) is 10.9 Å². The van der Waals surface area contributed by atoms with Gasteiger partial charge in [-0.15, -0.1) is 0 Å². The van der Waals surface area contributed by atoms with Gasteiger partial charge in [0.2, 0.25) is 5.63 Å². The van der Waals surface area contributed by atoms with E-state index in [0.29, 0.717) is 10.9 Å². The third-order valence-corrected chi connectivity index (χ3v) is 3.67. The maximum Gasteiger partial charge on any atom is 0.343 e. The minimum Gasteiger partial charge on any atom is -0.348 e. The van der Waals surface area contributed by atoms with E-state index in [1.54, 1.807) is 24.3 Å². The third-order valence-electron chi connectivity index (χ3n) is 2.28. The Morgan fingerprint density at radius 3 is 2.67 bits per heavy atom. The van der Waals surface area contributed by atoms with Crippen LogP contribution in [0.1, 0.15) is 5.56 Å². The van der Waals surface area contributed by atoms with E-state index in [1.165, 1.54) is 0 Å². The van der Waals surface area contributed by atoms with Gasteiger partial charge in [-0.1, -0.05) is 29.8 Å². The van der Waals surface area contributed by atoms with Gasteiger partial charge in [0.25, 0.3) is 0 Å². The zero-order chi connectivity index (χ0) is 13.3. The minimum atomic E-state index is -3.80. The number of H-pyrrole nitrogens is 1. The number of halogens is 4. The first-order chi connectivity index (χ1) is 8.45. The lowest BCUT2D eigenvalue weighted by atomic mass is 10.2. The summed E-state index contributed by atoms with van der Waals surface area (Å²) in [5, 5.41) is 5.61. The maximum absolute atomic E-state index is 13.2. The number of nitrogens with zero attached hydrogens (tertiary/aromatic N) is 1. The zero-order valence-corrected chi connectivity index (χ0v) is 10.3. The van der Waals surface area contributed by atoms with Crippen molar-refractivity contribution in [3.05, 3.63) is 29.8 Å². The molecule has 0 saturated heterocycles. The van der Waals surface area contributed by atoms with Crippen molar-refractivity contribution >= 4 is 34.3 Å². The number of alkyl halides is 4. The minimum absolute atomic E-state index is 0.0626. The fraction of sp³-hybridized carbons (Fsp3) is 0.182. The highest BCUT2D eigenvalue weighted by Crippen LogP contribution is 2.43. The number of nitrogens with one attached hydrogen (secondary N) is 1. The van der Waals surface area contributed by atoms with Gasteiger partial charge in [-0.25, -0.2) is 4.39 Å². The Kier molecular flexibility index (Phi) is 3.46. The topological polar surface area (TPSA) is 39.6 Å². The number of nitriles is 1. The van der Waals surface area contributed by atoms with Gasteiger partial charge in [-0.2, -0.15) is 14.0 Å². The molecule has 0 aliphatic heterocycles. The molecule has 1 aromatic carbocycles. The predicted octanol–water partition coefficient (Wildman–Crippen LogP) is 4.26. The second-order valence-electron chi connectivity index (χ2n) is 3.45. The van der Waals surface area contributed by atoms with Crippen LogP contribution in [0, 0.1) is 11.3 Å². The van der Waals surface area contributed by atoms with Crippen molar-refractivity contribution in [1.82, 2.24) is 4.98 Å². The average Bonchev–Trinajstić information content (AvgIpc) is 2.64. The number of hydrogen-bond donors (Lipinski definition) is 1. The Hall–Kier alpha value is -1.32. The monoisotopic (exact) mass is 290 g/mol. The zero-order valence-electron chi connectivity index (χ0n) is 8.75. The molecule has 1 aromatic heterocycles. The lowest BCUT2D eigenvalue weighted by molar-refractivity contribution is 0.0536. The van der Waals surface area contributed by atoms with Crippen LogP contribution in [-0.2, 0) is 0 Å². The number of aromatic amines is 1. The Morgan fingerprint density at radius 1 is 1.39 bits per heavy atom. The summed E-state index contributed by atoms with van der Waals surface area (Å²) < 4.78 is 39.0. The standard InChI is InChI=1S/C11H6ClF3N2S/c12-10(13)11(14,15)18-9-7(5-16)6-3-1-2-4-8(6)17-9/h1-4,10,17H. The first-order valence-electron chi connectivity index (χ1n) is 4.81. The lowest BCUT2D eigenvalue weighted by Gasteiger charge is -2.14. The normalized spacial score (nSPS) is 13.5. The highest BCUT2D eigenvalue weighted by atomic mass is 35.5. The van der Waals surface area contributed by atoms with Crippen molar-refractivity contribution in [2.45, 2.75) is 15.9 Å². The van der Waals surface area contributed by atoms with E-state index in [9.17, 15) is 13.2 Å². The van der Waals surface area contributed by atoms with Crippen LogP contribution in [0.4, 0.5) is 13.2 Å². The van der Waals surface area contributed by atoms with E-state index in [1.807, 2.05) is 6.07 Å². The molecule has 0 spiro atoms. The van der Waals surface area contributed by atoms with Gasteiger partial charge < -0.3 is 4.98 Å². The summed E-state index contributed by atoms with van der Waals surface area (Å²) in [7, 11) is 0. The van der Waals surface area contributed by atoms with E-state index in [-0.39, 0.29) is 22.4 Å².